The molecule has 1 aromatic rings. The Morgan fingerprint density at radius 3 is 2.60 bits per heavy atom. The summed E-state index contributed by atoms with van der Waals surface area (Å²) in [4.78, 5) is 17.9. The first-order valence-corrected chi connectivity index (χ1v) is 7.21. The number of aromatic nitrogens is 3. The Morgan fingerprint density at radius 2 is 2.00 bits per heavy atom. The normalized spacial score (nSPS) is 22.9. The second kappa shape index (κ2) is 5.73. The van der Waals surface area contributed by atoms with Crippen LogP contribution in [0.1, 0.15) is 45.0 Å². The SMILES string of the molecule is CCc1nnc(N2CCCC(C)(C(=O)O)C2)nc1CC. The molecule has 20 heavy (non-hydrogen) atoms. The highest BCUT2D eigenvalue weighted by atomic mass is 16.4. The zero-order valence-electron chi connectivity index (χ0n) is 12.4. The molecule has 1 aliphatic heterocycles. The van der Waals surface area contributed by atoms with Crippen LogP contribution in [0, 0.1) is 5.41 Å². The van der Waals surface area contributed by atoms with E-state index in [4.69, 9.17) is 0 Å². The molecule has 0 bridgehead atoms. The monoisotopic (exact) mass is 278 g/mol. The molecule has 0 saturated carbocycles. The molecule has 0 aromatic carbocycles. The van der Waals surface area contributed by atoms with Crippen LogP contribution in [0.15, 0.2) is 0 Å². The summed E-state index contributed by atoms with van der Waals surface area (Å²) >= 11 is 0. The van der Waals surface area contributed by atoms with Gasteiger partial charge in [0.1, 0.15) is 0 Å². The third-order valence-electron chi connectivity index (χ3n) is 3.99. The van der Waals surface area contributed by atoms with Gasteiger partial charge in [0, 0.05) is 13.1 Å². The molecule has 1 atom stereocenters. The van der Waals surface area contributed by atoms with Crippen molar-refractivity contribution in [3.8, 4) is 0 Å². The molecule has 1 fully saturated rings. The van der Waals surface area contributed by atoms with Gasteiger partial charge in [0.25, 0.3) is 0 Å². The largest absolute Gasteiger partial charge is 0.481 e. The first-order valence-electron chi connectivity index (χ1n) is 7.21. The van der Waals surface area contributed by atoms with E-state index >= 15 is 0 Å². The highest BCUT2D eigenvalue weighted by molar-refractivity contribution is 5.75. The summed E-state index contributed by atoms with van der Waals surface area (Å²) in [5.74, 6) is -0.192. The van der Waals surface area contributed by atoms with Gasteiger partial charge in [-0.1, -0.05) is 13.8 Å². The van der Waals surface area contributed by atoms with Crippen LogP contribution in [0.4, 0.5) is 5.95 Å². The van der Waals surface area contributed by atoms with Crippen LogP contribution < -0.4 is 4.90 Å². The molecule has 1 aliphatic rings. The fourth-order valence-corrected chi connectivity index (χ4v) is 2.65. The number of carboxylic acid groups (broad SMARTS) is 1. The van der Waals surface area contributed by atoms with Crippen molar-refractivity contribution in [2.45, 2.75) is 46.5 Å². The third kappa shape index (κ3) is 2.73. The molecule has 6 nitrogen and oxygen atoms in total. The number of rotatable bonds is 4. The molecule has 1 N–H and O–H groups in total. The lowest BCUT2D eigenvalue weighted by Crippen LogP contribution is -2.46. The Balaban J connectivity index is 2.25. The highest BCUT2D eigenvalue weighted by Gasteiger charge is 2.38. The van der Waals surface area contributed by atoms with E-state index in [-0.39, 0.29) is 0 Å². The molecule has 1 unspecified atom stereocenters. The van der Waals surface area contributed by atoms with E-state index in [9.17, 15) is 9.90 Å². The van der Waals surface area contributed by atoms with Gasteiger partial charge in [0.15, 0.2) is 0 Å². The molecule has 0 radical (unpaired) electrons. The Bertz CT molecular complexity index is 506. The van der Waals surface area contributed by atoms with Gasteiger partial charge in [-0.05, 0) is 32.6 Å². The van der Waals surface area contributed by atoms with Crippen LogP contribution in [0.25, 0.3) is 0 Å². The van der Waals surface area contributed by atoms with Crippen molar-refractivity contribution in [3.05, 3.63) is 11.4 Å². The second-order valence-corrected chi connectivity index (χ2v) is 5.60. The molecule has 0 aliphatic carbocycles. The molecule has 110 valence electrons. The molecule has 2 rings (SSSR count). The van der Waals surface area contributed by atoms with Gasteiger partial charge in [0.2, 0.25) is 5.95 Å². The molecule has 6 heteroatoms. The van der Waals surface area contributed by atoms with E-state index in [0.29, 0.717) is 18.9 Å². The zero-order valence-corrected chi connectivity index (χ0v) is 12.4. The van der Waals surface area contributed by atoms with Crippen molar-refractivity contribution in [2.24, 2.45) is 5.41 Å². The summed E-state index contributed by atoms with van der Waals surface area (Å²) in [5.41, 5.74) is 1.16. The van der Waals surface area contributed by atoms with Crippen LogP contribution in [0.2, 0.25) is 0 Å². The average Bonchev–Trinajstić information content (AvgIpc) is 2.46. The predicted octanol–water partition coefficient (Wildman–Crippen LogP) is 1.69. The second-order valence-electron chi connectivity index (χ2n) is 5.60. The molecule has 2 heterocycles. The van der Waals surface area contributed by atoms with E-state index in [1.807, 2.05) is 18.7 Å². The first-order chi connectivity index (χ1) is 9.50. The summed E-state index contributed by atoms with van der Waals surface area (Å²) in [6, 6.07) is 0. The molecule has 0 amide bonds. The quantitative estimate of drug-likeness (QED) is 0.902. The van der Waals surface area contributed by atoms with Crippen LogP contribution in [0.3, 0.4) is 0 Å². The molecule has 1 saturated heterocycles. The maximum Gasteiger partial charge on any atom is 0.311 e. The van der Waals surface area contributed by atoms with Crippen LogP contribution in [0.5, 0.6) is 0 Å². The van der Waals surface area contributed by atoms with Gasteiger partial charge in [0.05, 0.1) is 16.8 Å². The van der Waals surface area contributed by atoms with Crippen molar-refractivity contribution in [1.82, 2.24) is 15.2 Å². The number of hydrogen-bond donors (Lipinski definition) is 1. The maximum atomic E-state index is 11.4. The van der Waals surface area contributed by atoms with Gasteiger partial charge < -0.3 is 10.0 Å². The number of aryl methyl sites for hydroxylation is 2. The van der Waals surface area contributed by atoms with Crippen molar-refractivity contribution >= 4 is 11.9 Å². The summed E-state index contributed by atoms with van der Waals surface area (Å²) in [5, 5.41) is 17.8. The van der Waals surface area contributed by atoms with E-state index in [1.165, 1.54) is 0 Å². The van der Waals surface area contributed by atoms with Crippen molar-refractivity contribution in [3.63, 3.8) is 0 Å². The number of carboxylic acids is 1. The topological polar surface area (TPSA) is 79.2 Å². The highest BCUT2D eigenvalue weighted by Crippen LogP contribution is 2.31. The number of nitrogens with zero attached hydrogens (tertiary/aromatic N) is 4. The van der Waals surface area contributed by atoms with Crippen LogP contribution in [-0.2, 0) is 17.6 Å². The average molecular weight is 278 g/mol. The van der Waals surface area contributed by atoms with Gasteiger partial charge in [-0.3, -0.25) is 4.79 Å². The standard InChI is InChI=1S/C14H22N4O2/c1-4-10-11(5-2)16-17-13(15-10)18-8-6-7-14(3,9-18)12(19)20/h4-9H2,1-3H3,(H,19,20). The Labute approximate surface area is 119 Å². The number of piperidine rings is 1. The number of anilines is 1. The van der Waals surface area contributed by atoms with Gasteiger partial charge in [-0.25, -0.2) is 4.98 Å². The summed E-state index contributed by atoms with van der Waals surface area (Å²) in [7, 11) is 0. The molecular formula is C14H22N4O2. The Morgan fingerprint density at radius 1 is 1.30 bits per heavy atom. The predicted molar refractivity (Wildman–Crippen MR) is 75.8 cm³/mol. The van der Waals surface area contributed by atoms with Gasteiger partial charge in [-0.2, -0.15) is 5.10 Å². The first kappa shape index (κ1) is 14.7. The fraction of sp³-hybridized carbons (Fsp3) is 0.714. The van der Waals surface area contributed by atoms with Gasteiger partial charge >= 0.3 is 5.97 Å². The van der Waals surface area contributed by atoms with Crippen molar-refractivity contribution < 1.29 is 9.90 Å². The third-order valence-corrected chi connectivity index (χ3v) is 3.99. The minimum Gasteiger partial charge on any atom is -0.481 e. The van der Waals surface area contributed by atoms with Crippen LogP contribution in [-0.4, -0.2) is 39.3 Å². The lowest BCUT2D eigenvalue weighted by Gasteiger charge is -2.37. The summed E-state index contributed by atoms with van der Waals surface area (Å²) in [6.07, 6.45) is 3.16. The maximum absolute atomic E-state index is 11.4. The zero-order chi connectivity index (χ0) is 14.8. The lowest BCUT2D eigenvalue weighted by atomic mass is 9.82. The molecular weight excluding hydrogens is 256 g/mol. The fourth-order valence-electron chi connectivity index (χ4n) is 2.65. The smallest absolute Gasteiger partial charge is 0.311 e. The van der Waals surface area contributed by atoms with E-state index in [0.717, 1.165) is 37.2 Å². The minimum atomic E-state index is -0.754. The Hall–Kier alpha value is -1.72. The number of carbonyl (C=O) groups is 1. The van der Waals surface area contributed by atoms with Crippen molar-refractivity contribution in [2.75, 3.05) is 18.0 Å². The Kier molecular flexibility index (Phi) is 4.20. The minimum absolute atomic E-state index is 0.443. The summed E-state index contributed by atoms with van der Waals surface area (Å²) in [6.45, 7) is 7.10. The lowest BCUT2D eigenvalue weighted by molar-refractivity contribution is -0.148. The van der Waals surface area contributed by atoms with E-state index < -0.39 is 11.4 Å². The van der Waals surface area contributed by atoms with E-state index in [2.05, 4.69) is 15.2 Å². The van der Waals surface area contributed by atoms with Crippen LogP contribution >= 0.6 is 0 Å². The number of aliphatic carboxylic acids is 1. The molecule has 0 spiro atoms. The van der Waals surface area contributed by atoms with E-state index in [1.54, 1.807) is 6.92 Å². The summed E-state index contributed by atoms with van der Waals surface area (Å²) < 4.78 is 0. The molecule has 1 aromatic heterocycles. The van der Waals surface area contributed by atoms with Crippen molar-refractivity contribution in [1.29, 1.82) is 0 Å². The van der Waals surface area contributed by atoms with Gasteiger partial charge in [-0.15, -0.1) is 5.10 Å². The number of hydrogen-bond acceptors (Lipinski definition) is 5.